The first-order chi connectivity index (χ1) is 15.2. The fraction of sp³-hybridized carbons (Fsp3) is 0.208. The molecule has 0 aliphatic carbocycles. The summed E-state index contributed by atoms with van der Waals surface area (Å²) >= 11 is 1.60. The molecular weight excluding hydrogens is 408 g/mol. The van der Waals surface area contributed by atoms with E-state index in [1.165, 1.54) is 16.3 Å². The van der Waals surface area contributed by atoms with Gasteiger partial charge in [0.1, 0.15) is 5.01 Å². The van der Waals surface area contributed by atoms with Gasteiger partial charge in [0.15, 0.2) is 17.3 Å². The van der Waals surface area contributed by atoms with E-state index in [2.05, 4.69) is 52.7 Å². The number of methoxy groups -OCH3 is 2. The number of ether oxygens (including phenoxy) is 2. The number of hydrogen-bond acceptors (Lipinski definition) is 6. The quantitative estimate of drug-likeness (QED) is 0.373. The predicted octanol–water partition coefficient (Wildman–Crippen LogP) is 4.73. The van der Waals surface area contributed by atoms with Gasteiger partial charge in [0, 0.05) is 12.8 Å². The van der Waals surface area contributed by atoms with Crippen molar-refractivity contribution in [2.45, 2.75) is 19.3 Å². The van der Waals surface area contributed by atoms with Gasteiger partial charge in [0.25, 0.3) is 0 Å². The second kappa shape index (κ2) is 8.35. The summed E-state index contributed by atoms with van der Waals surface area (Å²) in [6.45, 7) is 0. The van der Waals surface area contributed by atoms with Crippen LogP contribution in [-0.2, 0) is 19.3 Å². The Morgan fingerprint density at radius 1 is 0.871 bits per heavy atom. The zero-order valence-electron chi connectivity index (χ0n) is 17.4. The largest absolute Gasteiger partial charge is 0.493 e. The van der Waals surface area contributed by atoms with E-state index in [0.29, 0.717) is 0 Å². The van der Waals surface area contributed by atoms with Crippen molar-refractivity contribution < 1.29 is 9.47 Å². The molecule has 6 nitrogen and oxygen atoms in total. The summed E-state index contributed by atoms with van der Waals surface area (Å²) in [5.74, 6) is 2.33. The lowest BCUT2D eigenvalue weighted by atomic mass is 10.0. The number of hydrogen-bond donors (Lipinski definition) is 0. The van der Waals surface area contributed by atoms with Gasteiger partial charge in [-0.25, -0.2) is 0 Å². The third-order valence-electron chi connectivity index (χ3n) is 5.40. The molecule has 0 saturated carbocycles. The van der Waals surface area contributed by atoms with Gasteiger partial charge in [-0.05, 0) is 40.5 Å². The molecule has 0 fully saturated rings. The summed E-state index contributed by atoms with van der Waals surface area (Å²) in [6.07, 6.45) is 2.34. The monoisotopic (exact) mass is 430 g/mol. The summed E-state index contributed by atoms with van der Waals surface area (Å²) in [7, 11) is 3.29. The van der Waals surface area contributed by atoms with Crippen molar-refractivity contribution in [3.8, 4) is 11.5 Å². The maximum absolute atomic E-state index is 5.41. The summed E-state index contributed by atoms with van der Waals surface area (Å²) in [5.41, 5.74) is 2.43. The molecule has 5 rings (SSSR count). The van der Waals surface area contributed by atoms with E-state index in [0.717, 1.165) is 52.1 Å². The van der Waals surface area contributed by atoms with Crippen LogP contribution >= 0.6 is 11.3 Å². The molecule has 2 heterocycles. The first-order valence-corrected chi connectivity index (χ1v) is 10.9. The second-order valence-corrected chi connectivity index (χ2v) is 8.35. The number of nitrogens with zero attached hydrogens (tertiary/aromatic N) is 4. The molecule has 0 saturated heterocycles. The molecule has 0 amide bonds. The standard InChI is InChI=1S/C24H22N4O2S/c1-29-20-12-10-16(14-21(20)30-2)11-13-22-25-26-24-28(22)27-23(31-24)15-18-8-5-7-17-6-3-4-9-19(17)18/h3-10,12,14H,11,13,15H2,1-2H3. The van der Waals surface area contributed by atoms with Crippen molar-refractivity contribution in [2.24, 2.45) is 0 Å². The lowest BCUT2D eigenvalue weighted by Crippen LogP contribution is -2.01. The fourth-order valence-electron chi connectivity index (χ4n) is 3.83. The summed E-state index contributed by atoms with van der Waals surface area (Å²) in [4.78, 5) is 0.831. The number of fused-ring (bicyclic) bond motifs is 2. The van der Waals surface area contributed by atoms with Crippen LogP contribution in [0.2, 0.25) is 0 Å². The average molecular weight is 431 g/mol. The van der Waals surface area contributed by atoms with E-state index in [-0.39, 0.29) is 0 Å². The van der Waals surface area contributed by atoms with Gasteiger partial charge in [-0.2, -0.15) is 9.61 Å². The normalized spacial score (nSPS) is 11.3. The Balaban J connectivity index is 1.36. The van der Waals surface area contributed by atoms with E-state index >= 15 is 0 Å². The number of aryl methyl sites for hydroxylation is 2. The highest BCUT2D eigenvalue weighted by Gasteiger charge is 2.14. The highest BCUT2D eigenvalue weighted by atomic mass is 32.1. The molecule has 156 valence electrons. The minimum atomic E-state index is 0.730. The van der Waals surface area contributed by atoms with Crippen LogP contribution in [0.4, 0.5) is 0 Å². The van der Waals surface area contributed by atoms with E-state index < -0.39 is 0 Å². The van der Waals surface area contributed by atoms with Gasteiger partial charge in [-0.15, -0.1) is 10.2 Å². The molecule has 0 unspecified atom stereocenters. The van der Waals surface area contributed by atoms with E-state index in [1.54, 1.807) is 25.6 Å². The van der Waals surface area contributed by atoms with Gasteiger partial charge in [-0.1, -0.05) is 59.9 Å². The summed E-state index contributed by atoms with van der Waals surface area (Å²) in [6, 6.07) is 20.9. The Morgan fingerprint density at radius 2 is 1.71 bits per heavy atom. The van der Waals surface area contributed by atoms with Gasteiger partial charge in [-0.3, -0.25) is 0 Å². The number of rotatable bonds is 7. The summed E-state index contributed by atoms with van der Waals surface area (Å²) < 4.78 is 12.6. The highest BCUT2D eigenvalue weighted by Crippen LogP contribution is 2.28. The maximum Gasteiger partial charge on any atom is 0.234 e. The Hall–Kier alpha value is -3.45. The Kier molecular flexibility index (Phi) is 5.26. The highest BCUT2D eigenvalue weighted by molar-refractivity contribution is 7.16. The van der Waals surface area contributed by atoms with Crippen LogP contribution in [0.5, 0.6) is 11.5 Å². The van der Waals surface area contributed by atoms with Gasteiger partial charge in [0.2, 0.25) is 4.96 Å². The third-order valence-corrected chi connectivity index (χ3v) is 6.30. The lowest BCUT2D eigenvalue weighted by molar-refractivity contribution is 0.354. The molecule has 3 aromatic carbocycles. The van der Waals surface area contributed by atoms with Crippen LogP contribution < -0.4 is 9.47 Å². The Labute approximate surface area is 184 Å². The van der Waals surface area contributed by atoms with Crippen molar-refractivity contribution in [2.75, 3.05) is 14.2 Å². The zero-order chi connectivity index (χ0) is 21.2. The van der Waals surface area contributed by atoms with Gasteiger partial charge >= 0.3 is 0 Å². The molecule has 0 aliphatic rings. The van der Waals surface area contributed by atoms with Crippen LogP contribution in [0.1, 0.15) is 22.0 Å². The molecule has 0 spiro atoms. The van der Waals surface area contributed by atoms with Crippen molar-refractivity contribution in [1.82, 2.24) is 19.8 Å². The second-order valence-electron chi connectivity index (χ2n) is 7.31. The molecular formula is C24H22N4O2S. The molecule has 2 aromatic heterocycles. The molecule has 5 aromatic rings. The maximum atomic E-state index is 5.41. The van der Waals surface area contributed by atoms with Crippen LogP contribution in [0.3, 0.4) is 0 Å². The lowest BCUT2D eigenvalue weighted by Gasteiger charge is -2.09. The van der Waals surface area contributed by atoms with Gasteiger partial charge in [0.05, 0.1) is 14.2 Å². The minimum absolute atomic E-state index is 0.730. The zero-order valence-corrected chi connectivity index (χ0v) is 18.2. The van der Waals surface area contributed by atoms with E-state index in [9.17, 15) is 0 Å². The average Bonchev–Trinajstić information content (AvgIpc) is 3.38. The van der Waals surface area contributed by atoms with Crippen molar-refractivity contribution in [3.63, 3.8) is 0 Å². The predicted molar refractivity (Wildman–Crippen MR) is 122 cm³/mol. The molecule has 0 aliphatic heterocycles. The fourth-order valence-corrected chi connectivity index (χ4v) is 4.70. The number of benzene rings is 3. The van der Waals surface area contributed by atoms with Crippen LogP contribution in [0.25, 0.3) is 15.7 Å². The molecule has 0 radical (unpaired) electrons. The smallest absolute Gasteiger partial charge is 0.234 e. The van der Waals surface area contributed by atoms with Crippen molar-refractivity contribution in [1.29, 1.82) is 0 Å². The number of aromatic nitrogens is 4. The third kappa shape index (κ3) is 3.84. The minimum Gasteiger partial charge on any atom is -0.493 e. The Bertz CT molecular complexity index is 1350. The van der Waals surface area contributed by atoms with Gasteiger partial charge < -0.3 is 9.47 Å². The van der Waals surface area contributed by atoms with Crippen LogP contribution in [0, 0.1) is 0 Å². The molecule has 31 heavy (non-hydrogen) atoms. The first kappa shape index (κ1) is 19.5. The molecule has 0 atom stereocenters. The van der Waals surface area contributed by atoms with Crippen LogP contribution in [0.15, 0.2) is 60.7 Å². The van der Waals surface area contributed by atoms with E-state index in [4.69, 9.17) is 14.6 Å². The molecule has 0 N–H and O–H groups in total. The SMILES string of the molecule is COc1ccc(CCc2nnc3sc(Cc4cccc5ccccc45)nn23)cc1OC. The Morgan fingerprint density at radius 3 is 2.58 bits per heavy atom. The molecule has 0 bridgehead atoms. The van der Waals surface area contributed by atoms with Crippen molar-refractivity contribution >= 4 is 27.1 Å². The first-order valence-electron chi connectivity index (χ1n) is 10.1. The van der Waals surface area contributed by atoms with E-state index in [1.807, 2.05) is 22.7 Å². The van der Waals surface area contributed by atoms with Crippen molar-refractivity contribution in [3.05, 3.63) is 82.6 Å². The molecule has 7 heteroatoms. The van der Waals surface area contributed by atoms with Crippen LogP contribution in [-0.4, -0.2) is 34.0 Å². The topological polar surface area (TPSA) is 61.5 Å². The summed E-state index contributed by atoms with van der Waals surface area (Å²) in [5, 5.41) is 17.1.